The lowest BCUT2D eigenvalue weighted by Crippen LogP contribution is -1.99. The van der Waals surface area contributed by atoms with Gasteiger partial charge in [0.2, 0.25) is 5.75 Å². The Kier molecular flexibility index (Phi) is 5.80. The molecule has 0 aliphatic rings. The van der Waals surface area contributed by atoms with E-state index in [1.807, 2.05) is 60.7 Å². The summed E-state index contributed by atoms with van der Waals surface area (Å²) in [5.74, 6) is 3.09. The molecule has 0 fully saturated rings. The molecule has 0 amide bonds. The van der Waals surface area contributed by atoms with E-state index < -0.39 is 0 Å². The van der Waals surface area contributed by atoms with Gasteiger partial charge in [-0.05, 0) is 41.3 Å². The molecule has 26 heavy (non-hydrogen) atoms. The van der Waals surface area contributed by atoms with Gasteiger partial charge in [-0.3, -0.25) is 0 Å². The Morgan fingerprint density at radius 1 is 0.808 bits per heavy atom. The van der Waals surface area contributed by atoms with Gasteiger partial charge in [0, 0.05) is 0 Å². The van der Waals surface area contributed by atoms with Crippen molar-refractivity contribution in [3.05, 3.63) is 83.9 Å². The highest BCUT2D eigenvalue weighted by Crippen LogP contribution is 2.40. The van der Waals surface area contributed by atoms with Crippen LogP contribution in [0.15, 0.2) is 72.8 Å². The summed E-state index contributed by atoms with van der Waals surface area (Å²) < 4.78 is 17.7. The Hall–Kier alpha value is -2.94. The van der Waals surface area contributed by atoms with Crippen LogP contribution in [0, 0.1) is 0 Å². The zero-order valence-electron chi connectivity index (χ0n) is 15.4. The fourth-order valence-corrected chi connectivity index (χ4v) is 2.66. The van der Waals surface area contributed by atoms with Gasteiger partial charge in [-0.25, -0.2) is 0 Å². The number of rotatable bonds is 7. The minimum Gasteiger partial charge on any atom is -0.493 e. The molecule has 0 heterocycles. The summed E-state index contributed by atoms with van der Waals surface area (Å²) in [5, 5.41) is 0. The quantitative estimate of drug-likeness (QED) is 0.509. The van der Waals surface area contributed by atoms with Crippen LogP contribution in [-0.4, -0.2) is 7.11 Å². The van der Waals surface area contributed by atoms with Gasteiger partial charge < -0.3 is 14.2 Å². The van der Waals surface area contributed by atoms with Gasteiger partial charge in [-0.1, -0.05) is 62.4 Å². The highest BCUT2D eigenvalue weighted by molar-refractivity contribution is 5.53. The number of para-hydroxylation sites is 1. The van der Waals surface area contributed by atoms with Crippen molar-refractivity contribution in [2.24, 2.45) is 0 Å². The van der Waals surface area contributed by atoms with Crippen molar-refractivity contribution in [2.45, 2.75) is 26.4 Å². The lowest BCUT2D eigenvalue weighted by atomic mass is 10.0. The van der Waals surface area contributed by atoms with Gasteiger partial charge in [0.05, 0.1) is 7.11 Å². The van der Waals surface area contributed by atoms with E-state index in [0.717, 1.165) is 11.3 Å². The number of methoxy groups -OCH3 is 1. The van der Waals surface area contributed by atoms with Crippen LogP contribution in [0.2, 0.25) is 0 Å². The smallest absolute Gasteiger partial charge is 0.211 e. The Labute approximate surface area is 155 Å². The zero-order valence-corrected chi connectivity index (χ0v) is 15.4. The maximum Gasteiger partial charge on any atom is 0.211 e. The highest BCUT2D eigenvalue weighted by atomic mass is 16.5. The van der Waals surface area contributed by atoms with Crippen molar-refractivity contribution >= 4 is 0 Å². The number of ether oxygens (including phenoxy) is 3. The minimum absolute atomic E-state index is 0.435. The monoisotopic (exact) mass is 348 g/mol. The van der Waals surface area contributed by atoms with E-state index in [4.69, 9.17) is 14.2 Å². The summed E-state index contributed by atoms with van der Waals surface area (Å²) in [6.45, 7) is 4.80. The normalized spacial score (nSPS) is 10.6. The summed E-state index contributed by atoms with van der Waals surface area (Å²) in [4.78, 5) is 0. The average Bonchev–Trinajstić information content (AvgIpc) is 2.68. The highest BCUT2D eigenvalue weighted by Gasteiger charge is 2.14. The van der Waals surface area contributed by atoms with Crippen molar-refractivity contribution in [3.8, 4) is 23.0 Å². The van der Waals surface area contributed by atoms with Crippen molar-refractivity contribution in [3.63, 3.8) is 0 Å². The molecule has 0 aliphatic carbocycles. The summed E-state index contributed by atoms with van der Waals surface area (Å²) in [5.41, 5.74) is 2.33. The van der Waals surface area contributed by atoms with E-state index in [9.17, 15) is 0 Å². The Morgan fingerprint density at radius 3 is 2.27 bits per heavy atom. The molecule has 0 bridgehead atoms. The van der Waals surface area contributed by atoms with Crippen molar-refractivity contribution in [1.82, 2.24) is 0 Å². The van der Waals surface area contributed by atoms with E-state index in [2.05, 4.69) is 26.0 Å². The third-order valence-electron chi connectivity index (χ3n) is 4.14. The largest absolute Gasteiger partial charge is 0.493 e. The molecule has 0 radical (unpaired) electrons. The SMILES string of the molecule is COc1cccc(OCc2ccccc2)c1Oc1cccc(C(C)C)c1. The molecule has 0 aromatic heterocycles. The van der Waals surface area contributed by atoms with Gasteiger partial charge in [0.25, 0.3) is 0 Å². The predicted octanol–water partition coefficient (Wildman–Crippen LogP) is 6.19. The van der Waals surface area contributed by atoms with Crippen LogP contribution < -0.4 is 14.2 Å². The maximum atomic E-state index is 6.16. The molecule has 0 saturated carbocycles. The van der Waals surface area contributed by atoms with Crippen LogP contribution in [0.5, 0.6) is 23.0 Å². The first-order valence-electron chi connectivity index (χ1n) is 8.79. The minimum atomic E-state index is 0.435. The molecule has 0 saturated heterocycles. The second kappa shape index (κ2) is 8.43. The first-order chi connectivity index (χ1) is 12.7. The van der Waals surface area contributed by atoms with Crippen LogP contribution >= 0.6 is 0 Å². The Balaban J connectivity index is 1.86. The molecule has 0 spiro atoms. The lowest BCUT2D eigenvalue weighted by Gasteiger charge is -2.16. The molecule has 0 N–H and O–H groups in total. The van der Waals surface area contributed by atoms with E-state index in [0.29, 0.717) is 29.8 Å². The molecule has 134 valence electrons. The second-order valence-electron chi connectivity index (χ2n) is 6.39. The summed E-state index contributed by atoms with van der Waals surface area (Å²) in [7, 11) is 1.63. The first kappa shape index (κ1) is 17.9. The fourth-order valence-electron chi connectivity index (χ4n) is 2.66. The number of hydrogen-bond donors (Lipinski definition) is 0. The van der Waals surface area contributed by atoms with E-state index in [1.165, 1.54) is 5.56 Å². The predicted molar refractivity (Wildman–Crippen MR) is 104 cm³/mol. The van der Waals surface area contributed by atoms with Crippen molar-refractivity contribution in [2.75, 3.05) is 7.11 Å². The molecule has 3 rings (SSSR count). The Morgan fingerprint density at radius 2 is 1.54 bits per heavy atom. The van der Waals surface area contributed by atoms with E-state index in [-0.39, 0.29) is 0 Å². The van der Waals surface area contributed by atoms with Crippen LogP contribution in [0.3, 0.4) is 0 Å². The van der Waals surface area contributed by atoms with Crippen LogP contribution in [-0.2, 0) is 6.61 Å². The van der Waals surface area contributed by atoms with Gasteiger partial charge in [0.15, 0.2) is 11.5 Å². The zero-order chi connectivity index (χ0) is 18.4. The third-order valence-corrected chi connectivity index (χ3v) is 4.14. The standard InChI is InChI=1S/C23H24O3/c1-17(2)19-11-7-12-20(15-19)26-23-21(24-3)13-8-14-22(23)25-16-18-9-5-4-6-10-18/h4-15,17H,16H2,1-3H3. The number of hydrogen-bond acceptors (Lipinski definition) is 3. The van der Waals surface area contributed by atoms with E-state index in [1.54, 1.807) is 7.11 Å². The molecule has 3 aromatic carbocycles. The first-order valence-corrected chi connectivity index (χ1v) is 8.79. The second-order valence-corrected chi connectivity index (χ2v) is 6.39. The molecule has 0 aliphatic heterocycles. The van der Waals surface area contributed by atoms with Crippen molar-refractivity contribution < 1.29 is 14.2 Å². The molecular formula is C23H24O3. The molecule has 0 unspecified atom stereocenters. The Bertz CT molecular complexity index is 841. The molecule has 3 heteroatoms. The number of benzene rings is 3. The maximum absolute atomic E-state index is 6.16. The molecule has 0 atom stereocenters. The van der Waals surface area contributed by atoms with Gasteiger partial charge in [0.1, 0.15) is 12.4 Å². The average molecular weight is 348 g/mol. The van der Waals surface area contributed by atoms with Gasteiger partial charge in [-0.15, -0.1) is 0 Å². The molecule has 3 nitrogen and oxygen atoms in total. The summed E-state index contributed by atoms with van der Waals surface area (Å²) >= 11 is 0. The molecular weight excluding hydrogens is 324 g/mol. The van der Waals surface area contributed by atoms with Crippen LogP contribution in [0.25, 0.3) is 0 Å². The van der Waals surface area contributed by atoms with Crippen LogP contribution in [0.4, 0.5) is 0 Å². The van der Waals surface area contributed by atoms with Gasteiger partial charge >= 0.3 is 0 Å². The summed E-state index contributed by atoms with van der Waals surface area (Å²) in [6, 6.07) is 23.8. The fraction of sp³-hybridized carbons (Fsp3) is 0.217. The summed E-state index contributed by atoms with van der Waals surface area (Å²) in [6.07, 6.45) is 0. The van der Waals surface area contributed by atoms with E-state index >= 15 is 0 Å². The lowest BCUT2D eigenvalue weighted by molar-refractivity contribution is 0.284. The molecule has 3 aromatic rings. The van der Waals surface area contributed by atoms with Crippen LogP contribution in [0.1, 0.15) is 30.9 Å². The topological polar surface area (TPSA) is 27.7 Å². The van der Waals surface area contributed by atoms with Gasteiger partial charge in [-0.2, -0.15) is 0 Å². The third kappa shape index (κ3) is 4.37. The van der Waals surface area contributed by atoms with Crippen molar-refractivity contribution in [1.29, 1.82) is 0 Å².